The van der Waals surface area contributed by atoms with Crippen LogP contribution >= 0.6 is 0 Å². The van der Waals surface area contributed by atoms with Crippen LogP contribution in [0.15, 0.2) is 24.3 Å². The van der Waals surface area contributed by atoms with Crippen molar-refractivity contribution in [2.24, 2.45) is 5.92 Å². The molecule has 0 saturated carbocycles. The number of rotatable bonds is 4. The Balaban J connectivity index is 1.91. The number of hydrogen-bond donors (Lipinski definition) is 1. The number of benzene rings is 1. The summed E-state index contributed by atoms with van der Waals surface area (Å²) in [7, 11) is 0. The van der Waals surface area contributed by atoms with Crippen LogP contribution < -0.4 is 10.1 Å². The number of nitrogens with one attached hydrogen (secondary N) is 1. The minimum atomic E-state index is 0.376. The third kappa shape index (κ3) is 2.96. The van der Waals surface area contributed by atoms with Crippen LogP contribution in [0.2, 0.25) is 0 Å². The summed E-state index contributed by atoms with van der Waals surface area (Å²) in [5.74, 6) is 1.71. The lowest BCUT2D eigenvalue weighted by Gasteiger charge is -2.27. The highest BCUT2D eigenvalue weighted by Crippen LogP contribution is 2.17. The van der Waals surface area contributed by atoms with Gasteiger partial charge in [-0.05, 0) is 30.0 Å². The van der Waals surface area contributed by atoms with E-state index in [9.17, 15) is 0 Å². The zero-order valence-electron chi connectivity index (χ0n) is 9.49. The molecule has 0 bridgehead atoms. The monoisotopic (exact) mass is 205 g/mol. The molecule has 1 aromatic carbocycles. The van der Waals surface area contributed by atoms with Gasteiger partial charge in [-0.1, -0.05) is 26.0 Å². The molecule has 2 heteroatoms. The number of hydrogen-bond acceptors (Lipinski definition) is 2. The summed E-state index contributed by atoms with van der Waals surface area (Å²) in [4.78, 5) is 0. The summed E-state index contributed by atoms with van der Waals surface area (Å²) in [6.07, 6.45) is 1.52. The predicted molar refractivity (Wildman–Crippen MR) is 62.3 cm³/mol. The topological polar surface area (TPSA) is 21.3 Å². The summed E-state index contributed by atoms with van der Waals surface area (Å²) >= 11 is 0. The fourth-order valence-electron chi connectivity index (χ4n) is 1.71. The molecule has 0 unspecified atom stereocenters. The Morgan fingerprint density at radius 3 is 2.40 bits per heavy atom. The molecule has 0 aliphatic carbocycles. The molecule has 15 heavy (non-hydrogen) atoms. The van der Waals surface area contributed by atoms with Crippen LogP contribution in [0.25, 0.3) is 0 Å². The van der Waals surface area contributed by atoms with E-state index in [0.29, 0.717) is 12.0 Å². The lowest BCUT2D eigenvalue weighted by Crippen LogP contribution is -2.50. The molecule has 1 aliphatic rings. The Kier molecular flexibility index (Phi) is 3.27. The smallest absolute Gasteiger partial charge is 0.123 e. The summed E-state index contributed by atoms with van der Waals surface area (Å²) < 4.78 is 5.75. The molecule has 1 aromatic rings. The molecule has 82 valence electrons. The van der Waals surface area contributed by atoms with E-state index in [1.54, 1.807) is 0 Å². The van der Waals surface area contributed by atoms with Gasteiger partial charge in [0.05, 0.1) is 0 Å². The zero-order valence-corrected chi connectivity index (χ0v) is 9.49. The van der Waals surface area contributed by atoms with E-state index >= 15 is 0 Å². The second kappa shape index (κ2) is 4.67. The summed E-state index contributed by atoms with van der Waals surface area (Å²) in [5, 5.41) is 3.19. The first-order chi connectivity index (χ1) is 7.24. The molecule has 1 aliphatic heterocycles. The van der Waals surface area contributed by atoms with Gasteiger partial charge in [-0.3, -0.25) is 0 Å². The van der Waals surface area contributed by atoms with Crippen molar-refractivity contribution in [3.63, 3.8) is 0 Å². The van der Waals surface area contributed by atoms with Crippen molar-refractivity contribution in [1.82, 2.24) is 5.32 Å². The van der Waals surface area contributed by atoms with Gasteiger partial charge in [0, 0.05) is 13.1 Å². The molecule has 2 rings (SSSR count). The van der Waals surface area contributed by atoms with Gasteiger partial charge in [0.1, 0.15) is 11.9 Å². The maximum atomic E-state index is 5.75. The Bertz CT molecular complexity index is 301. The van der Waals surface area contributed by atoms with Crippen molar-refractivity contribution in [2.75, 3.05) is 13.1 Å². The van der Waals surface area contributed by atoms with E-state index < -0.39 is 0 Å². The molecule has 1 saturated heterocycles. The highest BCUT2D eigenvalue weighted by molar-refractivity contribution is 5.27. The standard InChI is InChI=1S/C13H19NO/c1-10(2)7-11-3-5-12(6-4-11)15-13-8-14-9-13/h3-6,10,13-14H,7-9H2,1-2H3. The lowest BCUT2D eigenvalue weighted by atomic mass is 10.0. The Morgan fingerprint density at radius 2 is 1.93 bits per heavy atom. The van der Waals surface area contributed by atoms with Crippen LogP contribution in [-0.4, -0.2) is 19.2 Å². The van der Waals surface area contributed by atoms with Gasteiger partial charge in [-0.25, -0.2) is 0 Å². The second-order valence-corrected chi connectivity index (χ2v) is 4.64. The minimum absolute atomic E-state index is 0.376. The van der Waals surface area contributed by atoms with Crippen LogP contribution in [0.3, 0.4) is 0 Å². The van der Waals surface area contributed by atoms with E-state index in [0.717, 1.165) is 25.3 Å². The molecule has 0 aromatic heterocycles. The minimum Gasteiger partial charge on any atom is -0.488 e. The number of ether oxygens (including phenoxy) is 1. The van der Waals surface area contributed by atoms with Gasteiger partial charge in [0.25, 0.3) is 0 Å². The van der Waals surface area contributed by atoms with Gasteiger partial charge in [-0.15, -0.1) is 0 Å². The molecule has 1 fully saturated rings. The molecular weight excluding hydrogens is 186 g/mol. The maximum Gasteiger partial charge on any atom is 0.123 e. The highest BCUT2D eigenvalue weighted by atomic mass is 16.5. The van der Waals surface area contributed by atoms with E-state index in [1.165, 1.54) is 5.56 Å². The Labute approximate surface area is 91.6 Å². The van der Waals surface area contributed by atoms with E-state index in [1.807, 2.05) is 0 Å². The van der Waals surface area contributed by atoms with Gasteiger partial charge < -0.3 is 10.1 Å². The molecular formula is C13H19NO. The fraction of sp³-hybridized carbons (Fsp3) is 0.538. The third-order valence-electron chi connectivity index (χ3n) is 2.61. The third-order valence-corrected chi connectivity index (χ3v) is 2.61. The van der Waals surface area contributed by atoms with Crippen molar-refractivity contribution >= 4 is 0 Å². The van der Waals surface area contributed by atoms with E-state index in [4.69, 9.17) is 4.74 Å². The second-order valence-electron chi connectivity index (χ2n) is 4.64. The summed E-state index contributed by atoms with van der Waals surface area (Å²) in [6.45, 7) is 6.44. The Morgan fingerprint density at radius 1 is 1.27 bits per heavy atom. The molecule has 0 atom stereocenters. The normalized spacial score (nSPS) is 16.5. The SMILES string of the molecule is CC(C)Cc1ccc(OC2CNC2)cc1. The molecule has 0 radical (unpaired) electrons. The van der Waals surface area contributed by atoms with Crippen molar-refractivity contribution < 1.29 is 4.74 Å². The van der Waals surface area contributed by atoms with Crippen LogP contribution in [-0.2, 0) is 6.42 Å². The quantitative estimate of drug-likeness (QED) is 0.814. The Hall–Kier alpha value is -1.02. The fourth-order valence-corrected chi connectivity index (χ4v) is 1.71. The van der Waals surface area contributed by atoms with Gasteiger partial charge >= 0.3 is 0 Å². The molecule has 0 amide bonds. The molecule has 1 heterocycles. The summed E-state index contributed by atoms with van der Waals surface area (Å²) in [5.41, 5.74) is 1.39. The van der Waals surface area contributed by atoms with Crippen molar-refractivity contribution in [3.8, 4) is 5.75 Å². The highest BCUT2D eigenvalue weighted by Gasteiger charge is 2.17. The maximum absolute atomic E-state index is 5.75. The van der Waals surface area contributed by atoms with Crippen LogP contribution in [0.4, 0.5) is 0 Å². The van der Waals surface area contributed by atoms with E-state index in [2.05, 4.69) is 43.4 Å². The van der Waals surface area contributed by atoms with Gasteiger partial charge in [0.2, 0.25) is 0 Å². The first-order valence-corrected chi connectivity index (χ1v) is 5.70. The first kappa shape index (κ1) is 10.5. The van der Waals surface area contributed by atoms with Crippen molar-refractivity contribution in [2.45, 2.75) is 26.4 Å². The van der Waals surface area contributed by atoms with Crippen LogP contribution in [0.5, 0.6) is 5.75 Å². The van der Waals surface area contributed by atoms with Crippen LogP contribution in [0, 0.1) is 5.92 Å². The first-order valence-electron chi connectivity index (χ1n) is 5.70. The van der Waals surface area contributed by atoms with Gasteiger partial charge in [0.15, 0.2) is 0 Å². The average molecular weight is 205 g/mol. The zero-order chi connectivity index (χ0) is 10.7. The van der Waals surface area contributed by atoms with E-state index in [-0.39, 0.29) is 0 Å². The molecule has 2 nitrogen and oxygen atoms in total. The van der Waals surface area contributed by atoms with Crippen LogP contribution in [0.1, 0.15) is 19.4 Å². The van der Waals surface area contributed by atoms with Crippen molar-refractivity contribution in [3.05, 3.63) is 29.8 Å². The lowest BCUT2D eigenvalue weighted by molar-refractivity contribution is 0.142. The predicted octanol–water partition coefficient (Wildman–Crippen LogP) is 2.24. The average Bonchev–Trinajstić information content (AvgIpc) is 2.13. The van der Waals surface area contributed by atoms with Gasteiger partial charge in [-0.2, -0.15) is 0 Å². The molecule has 1 N–H and O–H groups in total. The summed E-state index contributed by atoms with van der Waals surface area (Å²) in [6, 6.07) is 8.49. The van der Waals surface area contributed by atoms with Crippen molar-refractivity contribution in [1.29, 1.82) is 0 Å². The largest absolute Gasteiger partial charge is 0.488 e. The molecule has 0 spiro atoms.